The Morgan fingerprint density at radius 2 is 2.11 bits per heavy atom. The minimum absolute atomic E-state index is 0.305. The summed E-state index contributed by atoms with van der Waals surface area (Å²) < 4.78 is 32.4. The summed E-state index contributed by atoms with van der Waals surface area (Å²) in [5, 5.41) is 1.73. The number of ether oxygens (including phenoxy) is 1. The smallest absolute Gasteiger partial charge is 0.271 e. The summed E-state index contributed by atoms with van der Waals surface area (Å²) in [5.74, 6) is 0.765. The van der Waals surface area contributed by atoms with E-state index in [0.29, 0.717) is 16.5 Å². The van der Waals surface area contributed by atoms with Gasteiger partial charge in [0.1, 0.15) is 9.96 Å². The molecule has 0 aliphatic rings. The lowest BCUT2D eigenvalue weighted by Gasteiger charge is -2.10. The second-order valence-electron chi connectivity index (χ2n) is 3.95. The van der Waals surface area contributed by atoms with Gasteiger partial charge in [0, 0.05) is 5.69 Å². The number of sulfonamides is 1. The first-order valence-electron chi connectivity index (χ1n) is 5.82. The van der Waals surface area contributed by atoms with Crippen LogP contribution in [0.25, 0.3) is 0 Å². The zero-order chi connectivity index (χ0) is 13.9. The molecule has 0 aliphatic heterocycles. The van der Waals surface area contributed by atoms with E-state index in [4.69, 9.17) is 4.74 Å². The second kappa shape index (κ2) is 5.63. The van der Waals surface area contributed by atoms with Crippen molar-refractivity contribution in [1.82, 2.24) is 0 Å². The van der Waals surface area contributed by atoms with Crippen molar-refractivity contribution in [2.24, 2.45) is 0 Å². The minimum Gasteiger partial charge on any atom is -0.494 e. The summed E-state index contributed by atoms with van der Waals surface area (Å²) in [5.41, 5.74) is 1.43. The topological polar surface area (TPSA) is 55.4 Å². The zero-order valence-corrected chi connectivity index (χ0v) is 12.3. The van der Waals surface area contributed by atoms with Crippen molar-refractivity contribution in [3.63, 3.8) is 0 Å². The van der Waals surface area contributed by atoms with Crippen molar-refractivity contribution in [2.45, 2.75) is 18.1 Å². The summed E-state index contributed by atoms with van der Waals surface area (Å²) in [6.45, 7) is 4.38. The van der Waals surface area contributed by atoms with Gasteiger partial charge in [-0.25, -0.2) is 8.42 Å². The van der Waals surface area contributed by atoms with Gasteiger partial charge in [0.15, 0.2) is 0 Å². The van der Waals surface area contributed by atoms with Crippen molar-refractivity contribution < 1.29 is 13.2 Å². The predicted molar refractivity (Wildman–Crippen MR) is 77.5 cm³/mol. The molecular formula is C13H15NO3S2. The lowest BCUT2D eigenvalue weighted by molar-refractivity contribution is 0.338. The Morgan fingerprint density at radius 1 is 1.32 bits per heavy atom. The molecule has 0 saturated carbocycles. The number of rotatable bonds is 5. The van der Waals surface area contributed by atoms with Crippen LogP contribution in [0.15, 0.2) is 39.9 Å². The maximum atomic E-state index is 12.1. The molecule has 0 aliphatic carbocycles. The van der Waals surface area contributed by atoms with Gasteiger partial charge in [-0.1, -0.05) is 6.07 Å². The molecule has 19 heavy (non-hydrogen) atoms. The number of aryl methyl sites for hydroxylation is 1. The highest BCUT2D eigenvalue weighted by Gasteiger charge is 2.15. The molecule has 2 rings (SSSR count). The quantitative estimate of drug-likeness (QED) is 0.921. The van der Waals surface area contributed by atoms with Gasteiger partial charge in [0.2, 0.25) is 0 Å². The first-order chi connectivity index (χ1) is 9.03. The molecule has 6 heteroatoms. The Kier molecular flexibility index (Phi) is 4.11. The van der Waals surface area contributed by atoms with Crippen LogP contribution in [-0.2, 0) is 10.0 Å². The first kappa shape index (κ1) is 13.9. The van der Waals surface area contributed by atoms with Gasteiger partial charge in [-0.15, -0.1) is 11.3 Å². The Hall–Kier alpha value is -1.53. The molecule has 0 amide bonds. The summed E-state index contributed by atoms with van der Waals surface area (Å²) in [4.78, 5) is 0. The first-order valence-corrected chi connectivity index (χ1v) is 8.19. The van der Waals surface area contributed by atoms with Gasteiger partial charge in [-0.2, -0.15) is 0 Å². The van der Waals surface area contributed by atoms with Crippen LogP contribution in [0.5, 0.6) is 5.75 Å². The molecule has 0 radical (unpaired) electrons. The predicted octanol–water partition coefficient (Wildman–Crippen LogP) is 3.26. The van der Waals surface area contributed by atoms with E-state index in [1.807, 2.05) is 13.8 Å². The molecule has 0 atom stereocenters. The van der Waals surface area contributed by atoms with E-state index < -0.39 is 10.0 Å². The second-order valence-corrected chi connectivity index (χ2v) is 6.81. The number of benzene rings is 1. The minimum atomic E-state index is -3.48. The summed E-state index contributed by atoms with van der Waals surface area (Å²) >= 11 is 1.19. The van der Waals surface area contributed by atoms with Crippen LogP contribution in [0.4, 0.5) is 5.69 Å². The normalized spacial score (nSPS) is 11.3. The van der Waals surface area contributed by atoms with Crippen LogP contribution >= 0.6 is 11.3 Å². The molecule has 2 aromatic rings. The van der Waals surface area contributed by atoms with Crippen molar-refractivity contribution in [1.29, 1.82) is 0 Å². The average Bonchev–Trinajstić information content (AvgIpc) is 2.87. The van der Waals surface area contributed by atoms with Gasteiger partial charge < -0.3 is 4.74 Å². The molecule has 1 heterocycles. The van der Waals surface area contributed by atoms with Gasteiger partial charge >= 0.3 is 0 Å². The third-order valence-electron chi connectivity index (χ3n) is 2.49. The van der Waals surface area contributed by atoms with Crippen LogP contribution in [0, 0.1) is 6.92 Å². The Bertz CT molecular complexity index is 649. The van der Waals surface area contributed by atoms with Gasteiger partial charge in [0.05, 0.1) is 6.61 Å². The number of anilines is 1. The number of thiophene rings is 1. The SMILES string of the molecule is CCOc1ccc(NS(=O)(=O)c2cccs2)cc1C. The van der Waals surface area contributed by atoms with E-state index in [-0.39, 0.29) is 0 Å². The van der Waals surface area contributed by atoms with E-state index in [1.165, 1.54) is 11.3 Å². The van der Waals surface area contributed by atoms with E-state index in [9.17, 15) is 8.42 Å². The van der Waals surface area contributed by atoms with Gasteiger partial charge in [-0.3, -0.25) is 4.72 Å². The fourth-order valence-electron chi connectivity index (χ4n) is 1.65. The average molecular weight is 297 g/mol. The van der Waals surface area contributed by atoms with Crippen LogP contribution in [0.2, 0.25) is 0 Å². The molecule has 0 bridgehead atoms. The van der Waals surface area contributed by atoms with Gasteiger partial charge in [-0.05, 0) is 49.1 Å². The standard InChI is InChI=1S/C13H15NO3S2/c1-3-17-12-7-6-11(9-10(12)2)14-19(15,16)13-5-4-8-18-13/h4-9,14H,3H2,1-2H3. The molecule has 1 aromatic carbocycles. The molecule has 0 spiro atoms. The fraction of sp³-hybridized carbons (Fsp3) is 0.231. The molecule has 1 N–H and O–H groups in total. The Morgan fingerprint density at radius 3 is 2.68 bits per heavy atom. The lowest BCUT2D eigenvalue weighted by Crippen LogP contribution is -2.11. The summed E-state index contributed by atoms with van der Waals surface area (Å²) in [6.07, 6.45) is 0. The Balaban J connectivity index is 2.23. The number of hydrogen-bond acceptors (Lipinski definition) is 4. The molecular weight excluding hydrogens is 282 g/mol. The largest absolute Gasteiger partial charge is 0.494 e. The lowest BCUT2D eigenvalue weighted by atomic mass is 10.2. The number of hydrogen-bond donors (Lipinski definition) is 1. The summed E-state index contributed by atoms with van der Waals surface area (Å²) in [7, 11) is -3.48. The van der Waals surface area contributed by atoms with Crippen LogP contribution in [-0.4, -0.2) is 15.0 Å². The third-order valence-corrected chi connectivity index (χ3v) is 5.27. The highest BCUT2D eigenvalue weighted by Crippen LogP contribution is 2.25. The molecule has 102 valence electrons. The van der Waals surface area contributed by atoms with E-state index in [1.54, 1.807) is 35.7 Å². The van der Waals surface area contributed by atoms with Crippen molar-refractivity contribution in [3.05, 3.63) is 41.3 Å². The third kappa shape index (κ3) is 3.27. The van der Waals surface area contributed by atoms with Crippen LogP contribution in [0.1, 0.15) is 12.5 Å². The molecule has 0 fully saturated rings. The summed E-state index contributed by atoms with van der Waals surface area (Å²) in [6, 6.07) is 8.52. The maximum Gasteiger partial charge on any atom is 0.271 e. The fourth-order valence-corrected chi connectivity index (χ4v) is 3.69. The monoisotopic (exact) mass is 297 g/mol. The molecule has 4 nitrogen and oxygen atoms in total. The molecule has 1 aromatic heterocycles. The molecule has 0 saturated heterocycles. The van der Waals surface area contributed by atoms with E-state index in [2.05, 4.69) is 4.72 Å². The zero-order valence-electron chi connectivity index (χ0n) is 10.7. The van der Waals surface area contributed by atoms with E-state index in [0.717, 1.165) is 11.3 Å². The molecule has 0 unspecified atom stereocenters. The van der Waals surface area contributed by atoms with Crippen molar-refractivity contribution in [3.8, 4) is 5.75 Å². The number of nitrogens with one attached hydrogen (secondary N) is 1. The van der Waals surface area contributed by atoms with Gasteiger partial charge in [0.25, 0.3) is 10.0 Å². The van der Waals surface area contributed by atoms with Crippen LogP contribution < -0.4 is 9.46 Å². The Labute approximate surface area is 117 Å². The van der Waals surface area contributed by atoms with Crippen LogP contribution in [0.3, 0.4) is 0 Å². The highest BCUT2D eigenvalue weighted by atomic mass is 32.2. The highest BCUT2D eigenvalue weighted by molar-refractivity contribution is 7.94. The van der Waals surface area contributed by atoms with Crippen molar-refractivity contribution >= 4 is 27.0 Å². The maximum absolute atomic E-state index is 12.1. The van der Waals surface area contributed by atoms with Crippen molar-refractivity contribution in [2.75, 3.05) is 11.3 Å². The van der Waals surface area contributed by atoms with E-state index >= 15 is 0 Å².